The van der Waals surface area contributed by atoms with Crippen LogP contribution in [0.2, 0.25) is 0 Å². The molecule has 5 heteroatoms. The molecule has 0 radical (unpaired) electrons. The van der Waals surface area contributed by atoms with Crippen LogP contribution in [0.25, 0.3) is 0 Å². The molecule has 0 saturated carbocycles. The summed E-state index contributed by atoms with van der Waals surface area (Å²) in [7, 11) is 0. The zero-order chi connectivity index (χ0) is 16.2. The molecule has 1 atom stereocenters. The first kappa shape index (κ1) is 15.2. The molecule has 0 fully saturated rings. The van der Waals surface area contributed by atoms with Gasteiger partial charge >= 0.3 is 0 Å². The lowest BCUT2D eigenvalue weighted by molar-refractivity contribution is -0.125. The van der Waals surface area contributed by atoms with Crippen molar-refractivity contribution in [3.63, 3.8) is 0 Å². The van der Waals surface area contributed by atoms with Gasteiger partial charge in [-0.2, -0.15) is 0 Å². The lowest BCUT2D eigenvalue weighted by atomic mass is 10.2. The summed E-state index contributed by atoms with van der Waals surface area (Å²) in [5.41, 5.74) is 0.663. The second-order valence-corrected chi connectivity index (χ2v) is 5.55. The number of fused-ring (bicyclic) bond motifs is 1. The smallest absolute Gasteiger partial charge is 0.269 e. The van der Waals surface area contributed by atoms with E-state index in [2.05, 4.69) is 5.32 Å². The SMILES string of the molecule is CC(C)Oc1cccc(NC(=O)[C@H]2COc3ccccc3O2)c1. The molecule has 0 bridgehead atoms. The van der Waals surface area contributed by atoms with E-state index in [0.29, 0.717) is 22.9 Å². The van der Waals surface area contributed by atoms with Crippen molar-refractivity contribution in [2.45, 2.75) is 26.1 Å². The first-order valence-electron chi connectivity index (χ1n) is 7.58. The van der Waals surface area contributed by atoms with Gasteiger partial charge in [0.15, 0.2) is 11.5 Å². The van der Waals surface area contributed by atoms with Gasteiger partial charge in [0.1, 0.15) is 12.4 Å². The lowest BCUT2D eigenvalue weighted by Crippen LogP contribution is -2.40. The zero-order valence-electron chi connectivity index (χ0n) is 13.1. The van der Waals surface area contributed by atoms with Gasteiger partial charge in [0.25, 0.3) is 5.91 Å². The van der Waals surface area contributed by atoms with Crippen LogP contribution in [0.4, 0.5) is 5.69 Å². The molecule has 0 spiro atoms. The maximum atomic E-state index is 12.4. The molecule has 1 N–H and O–H groups in total. The van der Waals surface area contributed by atoms with E-state index in [9.17, 15) is 4.79 Å². The molecule has 23 heavy (non-hydrogen) atoms. The Labute approximate surface area is 135 Å². The molecule has 1 aliphatic rings. The summed E-state index contributed by atoms with van der Waals surface area (Å²) in [6, 6.07) is 14.6. The van der Waals surface area contributed by atoms with E-state index in [1.165, 1.54) is 0 Å². The summed E-state index contributed by atoms with van der Waals surface area (Å²) in [5, 5.41) is 2.83. The number of hydrogen-bond donors (Lipinski definition) is 1. The number of nitrogens with one attached hydrogen (secondary N) is 1. The van der Waals surface area contributed by atoms with E-state index in [1.54, 1.807) is 12.1 Å². The Morgan fingerprint density at radius 3 is 2.74 bits per heavy atom. The van der Waals surface area contributed by atoms with Crippen molar-refractivity contribution in [3.05, 3.63) is 48.5 Å². The highest BCUT2D eigenvalue weighted by Crippen LogP contribution is 2.31. The third-order valence-corrected chi connectivity index (χ3v) is 3.27. The van der Waals surface area contributed by atoms with Crippen LogP contribution < -0.4 is 19.5 Å². The number of carbonyl (C=O) groups is 1. The Hall–Kier alpha value is -2.69. The van der Waals surface area contributed by atoms with Gasteiger partial charge in [0, 0.05) is 11.8 Å². The minimum absolute atomic E-state index is 0.0764. The quantitative estimate of drug-likeness (QED) is 0.941. The van der Waals surface area contributed by atoms with E-state index in [0.717, 1.165) is 0 Å². The van der Waals surface area contributed by atoms with E-state index < -0.39 is 6.10 Å². The van der Waals surface area contributed by atoms with Gasteiger partial charge in [-0.1, -0.05) is 18.2 Å². The molecule has 120 valence electrons. The Balaban J connectivity index is 1.66. The standard InChI is InChI=1S/C18H19NO4/c1-12(2)22-14-7-5-6-13(10-14)19-18(20)17-11-21-15-8-3-4-9-16(15)23-17/h3-10,12,17H,11H2,1-2H3,(H,19,20)/t17-/m1/s1. The first-order valence-corrected chi connectivity index (χ1v) is 7.58. The predicted octanol–water partition coefficient (Wildman–Crippen LogP) is 3.25. The second kappa shape index (κ2) is 6.60. The van der Waals surface area contributed by atoms with E-state index >= 15 is 0 Å². The summed E-state index contributed by atoms with van der Waals surface area (Å²) in [4.78, 5) is 12.4. The van der Waals surface area contributed by atoms with Crippen molar-refractivity contribution in [3.8, 4) is 17.2 Å². The highest BCUT2D eigenvalue weighted by molar-refractivity contribution is 5.94. The van der Waals surface area contributed by atoms with Gasteiger partial charge in [0.05, 0.1) is 6.10 Å². The monoisotopic (exact) mass is 313 g/mol. The van der Waals surface area contributed by atoms with Crippen LogP contribution >= 0.6 is 0 Å². The Kier molecular flexibility index (Phi) is 4.37. The average Bonchev–Trinajstić information content (AvgIpc) is 2.54. The fraction of sp³-hybridized carbons (Fsp3) is 0.278. The van der Waals surface area contributed by atoms with Crippen LogP contribution in [0.3, 0.4) is 0 Å². The average molecular weight is 313 g/mol. The van der Waals surface area contributed by atoms with Crippen molar-refractivity contribution in [2.24, 2.45) is 0 Å². The van der Waals surface area contributed by atoms with Crippen molar-refractivity contribution >= 4 is 11.6 Å². The van der Waals surface area contributed by atoms with Crippen LogP contribution in [0.5, 0.6) is 17.2 Å². The fourth-order valence-electron chi connectivity index (χ4n) is 2.29. The van der Waals surface area contributed by atoms with E-state index in [4.69, 9.17) is 14.2 Å². The largest absolute Gasteiger partial charge is 0.491 e. The van der Waals surface area contributed by atoms with Crippen molar-refractivity contribution < 1.29 is 19.0 Å². The maximum Gasteiger partial charge on any atom is 0.269 e. The molecule has 2 aromatic rings. The molecular formula is C18H19NO4. The fourth-order valence-corrected chi connectivity index (χ4v) is 2.29. The zero-order valence-corrected chi connectivity index (χ0v) is 13.1. The molecular weight excluding hydrogens is 294 g/mol. The number of ether oxygens (including phenoxy) is 3. The van der Waals surface area contributed by atoms with Crippen LogP contribution in [0, 0.1) is 0 Å². The Morgan fingerprint density at radius 2 is 1.96 bits per heavy atom. The number of amides is 1. The molecule has 1 aliphatic heterocycles. The van der Waals surface area contributed by atoms with Gasteiger partial charge in [-0.15, -0.1) is 0 Å². The molecule has 1 amide bonds. The van der Waals surface area contributed by atoms with Crippen LogP contribution in [0.15, 0.2) is 48.5 Å². The second-order valence-electron chi connectivity index (χ2n) is 5.55. The predicted molar refractivity (Wildman–Crippen MR) is 87.2 cm³/mol. The lowest BCUT2D eigenvalue weighted by Gasteiger charge is -2.25. The number of carbonyl (C=O) groups excluding carboxylic acids is 1. The summed E-state index contributed by atoms with van der Waals surface area (Å²) >= 11 is 0. The molecule has 5 nitrogen and oxygen atoms in total. The van der Waals surface area contributed by atoms with Gasteiger partial charge in [-0.05, 0) is 38.1 Å². The van der Waals surface area contributed by atoms with Crippen molar-refractivity contribution in [1.29, 1.82) is 0 Å². The van der Waals surface area contributed by atoms with Gasteiger partial charge in [0.2, 0.25) is 6.10 Å². The van der Waals surface area contributed by atoms with Crippen LogP contribution in [-0.4, -0.2) is 24.7 Å². The van der Waals surface area contributed by atoms with Crippen molar-refractivity contribution in [2.75, 3.05) is 11.9 Å². The summed E-state index contributed by atoms with van der Waals surface area (Å²) in [6.07, 6.45) is -0.605. The minimum Gasteiger partial charge on any atom is -0.491 e. The first-order chi connectivity index (χ1) is 11.1. The number of rotatable bonds is 4. The summed E-state index contributed by atoms with van der Waals surface area (Å²) < 4.78 is 16.9. The molecule has 0 unspecified atom stereocenters. The molecule has 0 aliphatic carbocycles. The van der Waals surface area contributed by atoms with Crippen molar-refractivity contribution in [1.82, 2.24) is 0 Å². The minimum atomic E-state index is -0.681. The Morgan fingerprint density at radius 1 is 1.17 bits per heavy atom. The van der Waals surface area contributed by atoms with Gasteiger partial charge in [-0.25, -0.2) is 0 Å². The topological polar surface area (TPSA) is 56.8 Å². The molecule has 2 aromatic carbocycles. The highest BCUT2D eigenvalue weighted by atomic mass is 16.6. The van der Waals surface area contributed by atoms with E-state index in [1.807, 2.05) is 50.2 Å². The molecule has 0 saturated heterocycles. The Bertz CT molecular complexity index is 699. The summed E-state index contributed by atoms with van der Waals surface area (Å²) in [5.74, 6) is 1.70. The third kappa shape index (κ3) is 3.74. The van der Waals surface area contributed by atoms with E-state index in [-0.39, 0.29) is 18.6 Å². The number of benzene rings is 2. The molecule has 3 rings (SSSR count). The third-order valence-electron chi connectivity index (χ3n) is 3.27. The van der Waals surface area contributed by atoms with Gasteiger partial charge < -0.3 is 19.5 Å². The highest BCUT2D eigenvalue weighted by Gasteiger charge is 2.27. The number of anilines is 1. The summed E-state index contributed by atoms with van der Waals surface area (Å²) in [6.45, 7) is 4.09. The number of hydrogen-bond acceptors (Lipinski definition) is 4. The normalized spacial score (nSPS) is 16.0. The number of para-hydroxylation sites is 2. The van der Waals surface area contributed by atoms with Crippen LogP contribution in [0.1, 0.15) is 13.8 Å². The molecule has 0 aromatic heterocycles. The maximum absolute atomic E-state index is 12.4. The molecule has 1 heterocycles. The van der Waals surface area contributed by atoms with Crippen LogP contribution in [-0.2, 0) is 4.79 Å². The van der Waals surface area contributed by atoms with Gasteiger partial charge in [-0.3, -0.25) is 4.79 Å².